The smallest absolute Gasteiger partial charge is 0.219 e. The zero-order valence-electron chi connectivity index (χ0n) is 15.4. The summed E-state index contributed by atoms with van der Waals surface area (Å²) in [4.78, 5) is 8.55. The predicted molar refractivity (Wildman–Crippen MR) is 112 cm³/mol. The molecule has 0 aliphatic carbocycles. The number of rotatable bonds is 6. The van der Waals surface area contributed by atoms with Crippen LogP contribution in [0.1, 0.15) is 0 Å². The minimum absolute atomic E-state index is 0.586. The molecule has 28 heavy (non-hydrogen) atoms. The molecule has 0 N–H and O–H groups in total. The van der Waals surface area contributed by atoms with E-state index in [9.17, 15) is 0 Å². The fourth-order valence-corrected chi connectivity index (χ4v) is 4.91. The molecule has 4 nitrogen and oxygen atoms in total. The molecule has 0 spiro atoms. The van der Waals surface area contributed by atoms with Crippen LogP contribution < -0.4 is 19.8 Å². The van der Waals surface area contributed by atoms with Crippen molar-refractivity contribution in [3.05, 3.63) is 97.3 Å². The van der Waals surface area contributed by atoms with Crippen LogP contribution in [0.5, 0.6) is 23.3 Å². The molecule has 4 aromatic rings. The minimum Gasteiger partial charge on any atom is -0.439 e. The van der Waals surface area contributed by atoms with Gasteiger partial charge in [-0.3, -0.25) is 0 Å². The summed E-state index contributed by atoms with van der Waals surface area (Å²) in [6.45, 7) is 2.24. The van der Waals surface area contributed by atoms with Crippen molar-refractivity contribution in [2.45, 2.75) is 6.55 Å². The van der Waals surface area contributed by atoms with E-state index in [0.717, 1.165) is 21.9 Å². The van der Waals surface area contributed by atoms with Crippen LogP contribution in [0, 0.1) is 0 Å². The largest absolute Gasteiger partial charge is 0.439 e. The lowest BCUT2D eigenvalue weighted by Gasteiger charge is -2.18. The molecule has 0 aliphatic heterocycles. The van der Waals surface area contributed by atoms with Crippen molar-refractivity contribution in [2.24, 2.45) is 0 Å². The van der Waals surface area contributed by atoms with Gasteiger partial charge in [-0.2, -0.15) is 0 Å². The van der Waals surface area contributed by atoms with E-state index >= 15 is 0 Å². The van der Waals surface area contributed by atoms with Crippen molar-refractivity contribution >= 4 is 19.2 Å². The summed E-state index contributed by atoms with van der Waals surface area (Å²) in [5.41, 5.74) is 0. The van der Waals surface area contributed by atoms with E-state index < -0.39 is 8.80 Å². The average Bonchev–Trinajstić information content (AvgIpc) is 2.76. The van der Waals surface area contributed by atoms with Gasteiger partial charge in [-0.1, -0.05) is 55.1 Å². The van der Waals surface area contributed by atoms with Gasteiger partial charge in [-0.25, -0.2) is 9.97 Å². The van der Waals surface area contributed by atoms with Crippen molar-refractivity contribution in [3.8, 4) is 23.3 Å². The van der Waals surface area contributed by atoms with Gasteiger partial charge >= 0.3 is 0 Å². The number of benzene rings is 2. The number of pyridine rings is 2. The van der Waals surface area contributed by atoms with Gasteiger partial charge in [0.25, 0.3) is 0 Å². The van der Waals surface area contributed by atoms with E-state index in [1.807, 2.05) is 72.8 Å². The number of aromatic nitrogens is 2. The summed E-state index contributed by atoms with van der Waals surface area (Å²) >= 11 is 0. The highest BCUT2D eigenvalue weighted by Crippen LogP contribution is 2.20. The van der Waals surface area contributed by atoms with E-state index in [4.69, 9.17) is 9.47 Å². The normalized spacial score (nSPS) is 10.6. The lowest BCUT2D eigenvalue weighted by atomic mass is 10.3. The number of hydrogen-bond donors (Lipinski definition) is 0. The maximum absolute atomic E-state index is 6.07. The zero-order valence-corrected chi connectivity index (χ0v) is 16.4. The topological polar surface area (TPSA) is 44.2 Å². The Bertz CT molecular complexity index is 957. The molecule has 0 unspecified atom stereocenters. The second kappa shape index (κ2) is 8.50. The molecular formula is C23H19N2O2Si. The lowest BCUT2D eigenvalue weighted by molar-refractivity contribution is 0.465. The van der Waals surface area contributed by atoms with Crippen LogP contribution in [0.15, 0.2) is 97.3 Å². The Morgan fingerprint density at radius 3 is 1.43 bits per heavy atom. The molecule has 5 heteroatoms. The highest BCUT2D eigenvalue weighted by atomic mass is 28.3. The summed E-state index contributed by atoms with van der Waals surface area (Å²) in [5, 5.41) is 2.32. The van der Waals surface area contributed by atoms with Gasteiger partial charge in [0.1, 0.15) is 20.3 Å². The third-order valence-corrected chi connectivity index (χ3v) is 6.73. The van der Waals surface area contributed by atoms with E-state index in [-0.39, 0.29) is 0 Å². The Balaban J connectivity index is 1.66. The molecule has 0 amide bonds. The summed E-state index contributed by atoms with van der Waals surface area (Å²) in [6.07, 6.45) is 3.46. The summed E-state index contributed by atoms with van der Waals surface area (Å²) in [7, 11) is -1.15. The van der Waals surface area contributed by atoms with E-state index in [1.54, 1.807) is 12.4 Å². The first-order valence-corrected chi connectivity index (χ1v) is 11.0. The molecule has 0 aliphatic rings. The molecule has 1 radical (unpaired) electrons. The maximum atomic E-state index is 6.07. The highest BCUT2D eigenvalue weighted by molar-refractivity contribution is 6.85. The standard InChI is InChI=1S/C23H19N2O2Si/c1-28(20-12-4-2-10-18(20)26-22-14-6-8-16-24-22)21-13-5-3-11-19(21)27-23-15-7-9-17-25-23/h2-17H,1H3. The van der Waals surface area contributed by atoms with Crippen LogP contribution in [0.2, 0.25) is 6.55 Å². The summed E-state index contributed by atoms with van der Waals surface area (Å²) < 4.78 is 12.1. The van der Waals surface area contributed by atoms with Gasteiger partial charge in [0, 0.05) is 24.5 Å². The van der Waals surface area contributed by atoms with Crippen molar-refractivity contribution in [1.82, 2.24) is 9.97 Å². The van der Waals surface area contributed by atoms with Crippen LogP contribution in [-0.4, -0.2) is 18.8 Å². The highest BCUT2D eigenvalue weighted by Gasteiger charge is 2.20. The Labute approximate surface area is 166 Å². The molecular weight excluding hydrogens is 364 g/mol. The number of para-hydroxylation sites is 2. The fraction of sp³-hybridized carbons (Fsp3) is 0.0435. The van der Waals surface area contributed by atoms with Gasteiger partial charge in [0.2, 0.25) is 11.8 Å². The van der Waals surface area contributed by atoms with Crippen molar-refractivity contribution < 1.29 is 9.47 Å². The van der Waals surface area contributed by atoms with E-state index in [1.165, 1.54) is 0 Å². The Hall–Kier alpha value is -3.44. The Morgan fingerprint density at radius 1 is 0.571 bits per heavy atom. The maximum Gasteiger partial charge on any atom is 0.219 e. The van der Waals surface area contributed by atoms with Crippen molar-refractivity contribution in [1.29, 1.82) is 0 Å². The minimum atomic E-state index is -1.15. The molecule has 4 rings (SSSR count). The molecule has 2 heterocycles. The molecule has 0 saturated carbocycles. The number of ether oxygens (including phenoxy) is 2. The molecule has 2 aromatic heterocycles. The molecule has 137 valence electrons. The molecule has 0 atom stereocenters. The summed E-state index contributed by atoms with van der Waals surface area (Å²) in [6, 6.07) is 27.5. The van der Waals surface area contributed by atoms with Gasteiger partial charge in [0.15, 0.2) is 0 Å². The molecule has 0 saturated heterocycles. The van der Waals surface area contributed by atoms with Gasteiger partial charge in [0.05, 0.1) is 0 Å². The van der Waals surface area contributed by atoms with Gasteiger partial charge in [-0.15, -0.1) is 0 Å². The summed E-state index contributed by atoms with van der Waals surface area (Å²) in [5.74, 6) is 2.82. The van der Waals surface area contributed by atoms with Crippen LogP contribution >= 0.6 is 0 Å². The quantitative estimate of drug-likeness (QED) is 0.466. The Morgan fingerprint density at radius 2 is 1.00 bits per heavy atom. The second-order valence-electron chi connectivity index (χ2n) is 6.16. The second-order valence-corrected chi connectivity index (χ2v) is 8.48. The van der Waals surface area contributed by atoms with Crippen LogP contribution in [0.3, 0.4) is 0 Å². The van der Waals surface area contributed by atoms with Gasteiger partial charge < -0.3 is 9.47 Å². The predicted octanol–water partition coefficient (Wildman–Crippen LogP) is 4.30. The monoisotopic (exact) mass is 383 g/mol. The lowest BCUT2D eigenvalue weighted by Crippen LogP contribution is -2.40. The van der Waals surface area contributed by atoms with Crippen LogP contribution in [-0.2, 0) is 0 Å². The first-order valence-electron chi connectivity index (χ1n) is 9.01. The average molecular weight is 384 g/mol. The fourth-order valence-electron chi connectivity index (χ4n) is 2.92. The molecule has 0 bridgehead atoms. The van der Waals surface area contributed by atoms with Crippen LogP contribution in [0.4, 0.5) is 0 Å². The third kappa shape index (κ3) is 4.10. The van der Waals surface area contributed by atoms with Crippen molar-refractivity contribution in [3.63, 3.8) is 0 Å². The first kappa shape index (κ1) is 17.9. The van der Waals surface area contributed by atoms with Gasteiger partial charge in [-0.05, 0) is 34.6 Å². The molecule has 0 fully saturated rings. The van der Waals surface area contributed by atoms with E-state index in [0.29, 0.717) is 11.8 Å². The van der Waals surface area contributed by atoms with Crippen LogP contribution in [0.25, 0.3) is 0 Å². The molecule has 2 aromatic carbocycles. The van der Waals surface area contributed by atoms with E-state index in [2.05, 4.69) is 28.6 Å². The Kier molecular flexibility index (Phi) is 5.45. The SMILES string of the molecule is C[Si](c1ccccc1Oc1ccccn1)c1ccccc1Oc1ccccn1. The van der Waals surface area contributed by atoms with Crippen molar-refractivity contribution in [2.75, 3.05) is 0 Å². The number of hydrogen-bond acceptors (Lipinski definition) is 4. The number of nitrogens with zero attached hydrogens (tertiary/aromatic N) is 2. The zero-order chi connectivity index (χ0) is 19.2. The first-order chi connectivity index (χ1) is 13.8. The third-order valence-electron chi connectivity index (χ3n) is 4.29.